The Morgan fingerprint density at radius 3 is 2.86 bits per heavy atom. The lowest BCUT2D eigenvalue weighted by Crippen LogP contribution is -2.36. The SMILES string of the molecule is COc1cc([C@@H]2CC(=O)NC3=C2C(=O)CCC3)ccc1O. The van der Waals surface area contributed by atoms with Gasteiger partial charge in [-0.2, -0.15) is 0 Å². The number of hydrogen-bond donors (Lipinski definition) is 2. The van der Waals surface area contributed by atoms with Crippen LogP contribution in [-0.2, 0) is 9.59 Å². The van der Waals surface area contributed by atoms with Crippen LogP contribution in [0, 0.1) is 0 Å². The van der Waals surface area contributed by atoms with Crippen LogP contribution in [0.25, 0.3) is 0 Å². The summed E-state index contributed by atoms with van der Waals surface area (Å²) < 4.78 is 5.11. The second-order valence-electron chi connectivity index (χ2n) is 5.41. The molecule has 0 unspecified atom stereocenters. The second kappa shape index (κ2) is 5.24. The number of rotatable bonds is 2. The zero-order chi connectivity index (χ0) is 15.0. The number of carbonyl (C=O) groups is 2. The first-order valence-electron chi connectivity index (χ1n) is 7.03. The third-order valence-electron chi connectivity index (χ3n) is 4.09. The van der Waals surface area contributed by atoms with Gasteiger partial charge in [0.15, 0.2) is 17.3 Å². The van der Waals surface area contributed by atoms with Gasteiger partial charge in [-0.15, -0.1) is 0 Å². The molecule has 0 radical (unpaired) electrons. The molecule has 0 fully saturated rings. The van der Waals surface area contributed by atoms with E-state index in [1.165, 1.54) is 13.2 Å². The minimum Gasteiger partial charge on any atom is -0.504 e. The van der Waals surface area contributed by atoms with Crippen LogP contribution < -0.4 is 10.1 Å². The van der Waals surface area contributed by atoms with Crippen molar-refractivity contribution in [2.75, 3.05) is 7.11 Å². The lowest BCUT2D eigenvalue weighted by Gasteiger charge is -2.31. The van der Waals surface area contributed by atoms with Crippen molar-refractivity contribution in [1.82, 2.24) is 5.32 Å². The van der Waals surface area contributed by atoms with Crippen molar-refractivity contribution in [1.29, 1.82) is 0 Å². The monoisotopic (exact) mass is 287 g/mol. The summed E-state index contributed by atoms with van der Waals surface area (Å²) in [6.07, 6.45) is 2.29. The van der Waals surface area contributed by atoms with Gasteiger partial charge in [-0.25, -0.2) is 0 Å². The molecular formula is C16H17NO4. The highest BCUT2D eigenvalue weighted by Crippen LogP contribution is 2.40. The fraction of sp³-hybridized carbons (Fsp3) is 0.375. The fourth-order valence-electron chi connectivity index (χ4n) is 3.10. The van der Waals surface area contributed by atoms with Gasteiger partial charge in [-0.05, 0) is 30.5 Å². The first kappa shape index (κ1) is 13.7. The number of nitrogens with one attached hydrogen (secondary N) is 1. The molecule has 21 heavy (non-hydrogen) atoms. The Bertz CT molecular complexity index is 648. The van der Waals surface area contributed by atoms with Crippen molar-refractivity contribution < 1.29 is 19.4 Å². The second-order valence-corrected chi connectivity index (χ2v) is 5.41. The molecule has 1 aliphatic heterocycles. The van der Waals surface area contributed by atoms with Crippen molar-refractivity contribution in [3.8, 4) is 11.5 Å². The van der Waals surface area contributed by atoms with E-state index in [1.807, 2.05) is 0 Å². The van der Waals surface area contributed by atoms with Crippen LogP contribution in [0.4, 0.5) is 0 Å². The lowest BCUT2D eigenvalue weighted by molar-refractivity contribution is -0.122. The topological polar surface area (TPSA) is 75.6 Å². The number of hydrogen-bond acceptors (Lipinski definition) is 4. The summed E-state index contributed by atoms with van der Waals surface area (Å²) in [6, 6.07) is 4.98. The molecule has 5 nitrogen and oxygen atoms in total. The average Bonchev–Trinajstić information content (AvgIpc) is 2.47. The number of amides is 1. The minimum atomic E-state index is -0.254. The Morgan fingerprint density at radius 2 is 2.10 bits per heavy atom. The molecule has 1 aliphatic carbocycles. The van der Waals surface area contributed by atoms with Crippen LogP contribution >= 0.6 is 0 Å². The van der Waals surface area contributed by atoms with E-state index in [1.54, 1.807) is 12.1 Å². The van der Waals surface area contributed by atoms with Crippen LogP contribution in [0.3, 0.4) is 0 Å². The van der Waals surface area contributed by atoms with Gasteiger partial charge in [-0.1, -0.05) is 6.07 Å². The zero-order valence-electron chi connectivity index (χ0n) is 11.8. The Kier molecular flexibility index (Phi) is 3.41. The highest BCUT2D eigenvalue weighted by Gasteiger charge is 2.34. The van der Waals surface area contributed by atoms with E-state index in [0.717, 1.165) is 24.1 Å². The van der Waals surface area contributed by atoms with Crippen LogP contribution in [-0.4, -0.2) is 23.9 Å². The third kappa shape index (κ3) is 2.39. The van der Waals surface area contributed by atoms with E-state index >= 15 is 0 Å². The van der Waals surface area contributed by atoms with Gasteiger partial charge in [0.25, 0.3) is 0 Å². The predicted octanol–water partition coefficient (Wildman–Crippen LogP) is 2.01. The zero-order valence-corrected chi connectivity index (χ0v) is 11.8. The molecule has 0 spiro atoms. The van der Waals surface area contributed by atoms with E-state index in [9.17, 15) is 14.7 Å². The van der Waals surface area contributed by atoms with Crippen molar-refractivity contribution >= 4 is 11.7 Å². The molecular weight excluding hydrogens is 270 g/mol. The number of phenols is 1. The molecule has 1 aromatic rings. The van der Waals surface area contributed by atoms with Crippen LogP contribution in [0.15, 0.2) is 29.5 Å². The van der Waals surface area contributed by atoms with Gasteiger partial charge in [0, 0.05) is 30.0 Å². The van der Waals surface area contributed by atoms with Crippen LogP contribution in [0.2, 0.25) is 0 Å². The third-order valence-corrected chi connectivity index (χ3v) is 4.09. The van der Waals surface area contributed by atoms with E-state index in [-0.39, 0.29) is 29.8 Å². The summed E-state index contributed by atoms with van der Waals surface area (Å²) in [5, 5.41) is 12.5. The molecule has 0 aromatic heterocycles. The van der Waals surface area contributed by atoms with E-state index < -0.39 is 0 Å². The molecule has 2 N–H and O–H groups in total. The first-order chi connectivity index (χ1) is 10.1. The summed E-state index contributed by atoms with van der Waals surface area (Å²) in [5.41, 5.74) is 2.30. The largest absolute Gasteiger partial charge is 0.504 e. The molecule has 1 amide bonds. The Hall–Kier alpha value is -2.30. The van der Waals surface area contributed by atoms with Gasteiger partial charge in [-0.3, -0.25) is 9.59 Å². The van der Waals surface area contributed by atoms with E-state index in [2.05, 4.69) is 5.32 Å². The molecule has 0 bridgehead atoms. The van der Waals surface area contributed by atoms with Crippen molar-refractivity contribution in [3.05, 3.63) is 35.0 Å². The minimum absolute atomic E-state index is 0.0469. The number of carbonyl (C=O) groups excluding carboxylic acids is 2. The Labute approximate surface area is 122 Å². The molecule has 0 saturated heterocycles. The number of aromatic hydroxyl groups is 1. The summed E-state index contributed by atoms with van der Waals surface area (Å²) in [7, 11) is 1.48. The highest BCUT2D eigenvalue weighted by molar-refractivity contribution is 6.01. The van der Waals surface area contributed by atoms with Gasteiger partial charge >= 0.3 is 0 Å². The number of Topliss-reactive ketones (excluding diaryl/α,β-unsaturated/α-hetero) is 1. The molecule has 5 heteroatoms. The summed E-state index contributed by atoms with van der Waals surface area (Å²) in [4.78, 5) is 24.1. The van der Waals surface area contributed by atoms with Gasteiger partial charge in [0.2, 0.25) is 5.91 Å². The predicted molar refractivity (Wildman–Crippen MR) is 76.0 cm³/mol. The smallest absolute Gasteiger partial charge is 0.225 e. The van der Waals surface area contributed by atoms with Crippen molar-refractivity contribution in [2.24, 2.45) is 0 Å². The molecule has 2 aliphatic rings. The molecule has 1 atom stereocenters. The molecule has 1 aromatic carbocycles. The van der Waals surface area contributed by atoms with Crippen LogP contribution in [0.1, 0.15) is 37.2 Å². The average molecular weight is 287 g/mol. The maximum Gasteiger partial charge on any atom is 0.225 e. The molecule has 0 saturated carbocycles. The number of methoxy groups -OCH3 is 1. The number of phenolic OH excluding ortho intramolecular Hbond substituents is 1. The van der Waals surface area contributed by atoms with E-state index in [0.29, 0.717) is 17.7 Å². The first-order valence-corrected chi connectivity index (χ1v) is 7.03. The maximum absolute atomic E-state index is 12.3. The Morgan fingerprint density at radius 1 is 1.29 bits per heavy atom. The lowest BCUT2D eigenvalue weighted by atomic mass is 9.78. The molecule has 1 heterocycles. The summed E-state index contributed by atoms with van der Waals surface area (Å²) >= 11 is 0. The fourth-order valence-corrected chi connectivity index (χ4v) is 3.10. The number of ether oxygens (including phenoxy) is 1. The molecule has 110 valence electrons. The Balaban J connectivity index is 2.07. The van der Waals surface area contributed by atoms with Crippen LogP contribution in [0.5, 0.6) is 11.5 Å². The standard InChI is InChI=1S/C16H17NO4/c1-21-14-7-9(5-6-12(14)18)10-8-15(20)17-11-3-2-4-13(19)16(10)11/h5-7,10,18H,2-4,8H2,1H3,(H,17,20)/t10-/m0/s1. The highest BCUT2D eigenvalue weighted by atomic mass is 16.5. The number of ketones is 1. The summed E-state index contributed by atoms with van der Waals surface area (Å²) in [5.74, 6) is 0.180. The molecule has 3 rings (SSSR count). The van der Waals surface area contributed by atoms with Crippen molar-refractivity contribution in [3.63, 3.8) is 0 Å². The normalized spacial score (nSPS) is 21.9. The summed E-state index contributed by atoms with van der Waals surface area (Å²) in [6.45, 7) is 0. The van der Waals surface area contributed by atoms with E-state index in [4.69, 9.17) is 4.74 Å². The van der Waals surface area contributed by atoms with Gasteiger partial charge < -0.3 is 15.2 Å². The maximum atomic E-state index is 12.3. The van der Waals surface area contributed by atoms with Gasteiger partial charge in [0.1, 0.15) is 0 Å². The number of benzene rings is 1. The van der Waals surface area contributed by atoms with Gasteiger partial charge in [0.05, 0.1) is 7.11 Å². The quantitative estimate of drug-likeness (QED) is 0.872. The number of allylic oxidation sites excluding steroid dienone is 2. The van der Waals surface area contributed by atoms with Crippen molar-refractivity contribution in [2.45, 2.75) is 31.6 Å².